The third-order valence-electron chi connectivity index (χ3n) is 4.05. The van der Waals surface area contributed by atoms with Gasteiger partial charge < -0.3 is 13.7 Å². The molecule has 7 heteroatoms. The van der Waals surface area contributed by atoms with Crippen molar-refractivity contribution in [3.8, 4) is 5.75 Å². The maximum atomic E-state index is 11.8. The van der Waals surface area contributed by atoms with E-state index in [1.54, 1.807) is 0 Å². The predicted octanol–water partition coefficient (Wildman–Crippen LogP) is 2.49. The second-order valence-corrected chi connectivity index (χ2v) is 6.05. The molecule has 3 rings (SSSR count). The summed E-state index contributed by atoms with van der Waals surface area (Å²) in [6.45, 7) is 5.50. The van der Waals surface area contributed by atoms with Crippen molar-refractivity contribution in [2.75, 3.05) is 13.7 Å². The van der Waals surface area contributed by atoms with E-state index in [2.05, 4.69) is 15.0 Å². The zero-order valence-corrected chi connectivity index (χ0v) is 13.6. The Bertz CT molecular complexity index is 722. The van der Waals surface area contributed by atoms with Gasteiger partial charge >= 0.3 is 0 Å². The van der Waals surface area contributed by atoms with E-state index in [9.17, 15) is 4.79 Å². The molecule has 1 atom stereocenters. The number of hydrogen-bond acceptors (Lipinski definition) is 7. The van der Waals surface area contributed by atoms with Crippen LogP contribution in [0.15, 0.2) is 26.1 Å². The van der Waals surface area contributed by atoms with Gasteiger partial charge in [0, 0.05) is 12.0 Å². The first-order chi connectivity index (χ1) is 11.1. The van der Waals surface area contributed by atoms with E-state index in [0.717, 1.165) is 25.2 Å². The van der Waals surface area contributed by atoms with Gasteiger partial charge in [0.15, 0.2) is 5.82 Å². The molecule has 1 aliphatic heterocycles. The molecule has 1 unspecified atom stereocenters. The predicted molar refractivity (Wildman–Crippen MR) is 82.3 cm³/mol. The van der Waals surface area contributed by atoms with Gasteiger partial charge in [-0.3, -0.25) is 9.69 Å². The van der Waals surface area contributed by atoms with Crippen LogP contribution in [0.1, 0.15) is 56.1 Å². The van der Waals surface area contributed by atoms with Gasteiger partial charge in [-0.2, -0.15) is 4.98 Å². The van der Waals surface area contributed by atoms with Crippen LogP contribution in [0.5, 0.6) is 5.75 Å². The largest absolute Gasteiger partial charge is 0.490 e. The minimum atomic E-state index is -0.176. The number of aromatic nitrogens is 2. The summed E-state index contributed by atoms with van der Waals surface area (Å²) in [6.07, 6.45) is 3.36. The molecule has 0 amide bonds. The highest BCUT2D eigenvalue weighted by Gasteiger charge is 2.31. The van der Waals surface area contributed by atoms with E-state index < -0.39 is 0 Å². The van der Waals surface area contributed by atoms with Gasteiger partial charge in [0.2, 0.25) is 17.1 Å². The van der Waals surface area contributed by atoms with Crippen LogP contribution in [0.4, 0.5) is 0 Å². The summed E-state index contributed by atoms with van der Waals surface area (Å²) in [5.41, 5.74) is -0.176. The van der Waals surface area contributed by atoms with E-state index in [4.69, 9.17) is 13.7 Å². The van der Waals surface area contributed by atoms with Crippen molar-refractivity contribution in [3.05, 3.63) is 40.0 Å². The van der Waals surface area contributed by atoms with Gasteiger partial charge in [0.25, 0.3) is 0 Å². The highest BCUT2D eigenvalue weighted by molar-refractivity contribution is 5.17. The lowest BCUT2D eigenvalue weighted by molar-refractivity contribution is 0.186. The Hall–Kier alpha value is -2.15. The molecule has 0 spiro atoms. The summed E-state index contributed by atoms with van der Waals surface area (Å²) in [5.74, 6) is 2.42. The summed E-state index contributed by atoms with van der Waals surface area (Å²) in [6, 6.07) is 1.55. The van der Waals surface area contributed by atoms with Crippen LogP contribution in [0.3, 0.4) is 0 Å². The summed E-state index contributed by atoms with van der Waals surface area (Å²) in [4.78, 5) is 18.5. The van der Waals surface area contributed by atoms with Crippen molar-refractivity contribution in [1.29, 1.82) is 0 Å². The highest BCUT2D eigenvalue weighted by atomic mass is 16.5. The molecule has 3 heterocycles. The Morgan fingerprint density at radius 1 is 1.48 bits per heavy atom. The molecule has 1 saturated heterocycles. The molecule has 23 heavy (non-hydrogen) atoms. The summed E-state index contributed by atoms with van der Waals surface area (Å²) in [7, 11) is 1.45. The molecule has 0 aliphatic carbocycles. The fraction of sp³-hybridized carbons (Fsp3) is 0.562. The minimum Gasteiger partial charge on any atom is -0.490 e. The van der Waals surface area contributed by atoms with Gasteiger partial charge in [-0.1, -0.05) is 19.0 Å². The quantitative estimate of drug-likeness (QED) is 0.837. The first-order valence-corrected chi connectivity index (χ1v) is 7.81. The van der Waals surface area contributed by atoms with Crippen molar-refractivity contribution in [1.82, 2.24) is 15.0 Å². The number of likely N-dealkylation sites (tertiary alicyclic amines) is 1. The topological polar surface area (TPSA) is 81.6 Å². The Morgan fingerprint density at radius 2 is 2.30 bits per heavy atom. The van der Waals surface area contributed by atoms with E-state index in [-0.39, 0.29) is 23.1 Å². The van der Waals surface area contributed by atoms with Crippen molar-refractivity contribution in [3.63, 3.8) is 0 Å². The second-order valence-electron chi connectivity index (χ2n) is 6.05. The maximum absolute atomic E-state index is 11.8. The molecule has 0 bridgehead atoms. The smallest absolute Gasteiger partial charge is 0.244 e. The fourth-order valence-electron chi connectivity index (χ4n) is 2.78. The van der Waals surface area contributed by atoms with Gasteiger partial charge in [-0.05, 0) is 19.4 Å². The average Bonchev–Trinajstić information content (AvgIpc) is 3.16. The molecule has 1 aliphatic rings. The third kappa shape index (κ3) is 3.29. The van der Waals surface area contributed by atoms with Crippen LogP contribution in [0.2, 0.25) is 0 Å². The number of rotatable bonds is 5. The second kappa shape index (κ2) is 6.54. The van der Waals surface area contributed by atoms with Crippen LogP contribution >= 0.6 is 0 Å². The molecule has 0 saturated carbocycles. The van der Waals surface area contributed by atoms with Gasteiger partial charge in [-0.15, -0.1) is 0 Å². The van der Waals surface area contributed by atoms with Crippen LogP contribution < -0.4 is 10.2 Å². The van der Waals surface area contributed by atoms with Crippen molar-refractivity contribution < 1.29 is 13.7 Å². The molecular weight excluding hydrogens is 298 g/mol. The zero-order chi connectivity index (χ0) is 16.4. The Labute approximate surface area is 134 Å². The Balaban J connectivity index is 1.76. The lowest BCUT2D eigenvalue weighted by Crippen LogP contribution is -2.23. The molecule has 2 aromatic rings. The SMILES string of the molecule is COc1coc(CN2CCCC2c2nc(C(C)C)no2)cc1=O. The molecule has 124 valence electrons. The molecular formula is C16H21N3O4. The number of nitrogens with zero attached hydrogens (tertiary/aromatic N) is 3. The highest BCUT2D eigenvalue weighted by Crippen LogP contribution is 2.32. The standard InChI is InChI=1S/C16H21N3O4/c1-10(2)15-17-16(23-18-15)12-5-4-6-19(12)8-11-7-13(20)14(21-3)9-22-11/h7,9-10,12H,4-6,8H2,1-3H3. The average molecular weight is 319 g/mol. The van der Waals surface area contributed by atoms with Crippen molar-refractivity contribution >= 4 is 0 Å². The monoisotopic (exact) mass is 319 g/mol. The summed E-state index contributed by atoms with van der Waals surface area (Å²) >= 11 is 0. The first kappa shape index (κ1) is 15.7. The molecule has 2 aromatic heterocycles. The number of methoxy groups -OCH3 is 1. The Kier molecular flexibility index (Phi) is 4.47. The maximum Gasteiger partial charge on any atom is 0.244 e. The van der Waals surface area contributed by atoms with Gasteiger partial charge in [0.05, 0.1) is 19.7 Å². The Morgan fingerprint density at radius 3 is 2.96 bits per heavy atom. The lowest BCUT2D eigenvalue weighted by Gasteiger charge is -2.20. The molecule has 0 radical (unpaired) electrons. The summed E-state index contributed by atoms with van der Waals surface area (Å²) in [5, 5.41) is 4.04. The van der Waals surface area contributed by atoms with E-state index in [1.165, 1.54) is 19.4 Å². The fourth-order valence-corrected chi connectivity index (χ4v) is 2.78. The van der Waals surface area contributed by atoms with Crippen molar-refractivity contribution in [2.45, 2.75) is 45.2 Å². The molecule has 0 aromatic carbocycles. The van der Waals surface area contributed by atoms with Crippen LogP contribution in [-0.2, 0) is 6.54 Å². The van der Waals surface area contributed by atoms with Gasteiger partial charge in [-0.25, -0.2) is 0 Å². The van der Waals surface area contributed by atoms with E-state index >= 15 is 0 Å². The first-order valence-electron chi connectivity index (χ1n) is 7.81. The van der Waals surface area contributed by atoms with Gasteiger partial charge in [0.1, 0.15) is 12.0 Å². The van der Waals surface area contributed by atoms with E-state index in [1.807, 2.05) is 13.8 Å². The summed E-state index contributed by atoms with van der Waals surface area (Å²) < 4.78 is 15.8. The minimum absolute atomic E-state index is 0.0717. The van der Waals surface area contributed by atoms with Crippen molar-refractivity contribution in [2.24, 2.45) is 0 Å². The zero-order valence-electron chi connectivity index (χ0n) is 13.6. The lowest BCUT2D eigenvalue weighted by atomic mass is 10.2. The normalized spacial score (nSPS) is 18.7. The molecule has 0 N–H and O–H groups in total. The third-order valence-corrected chi connectivity index (χ3v) is 4.05. The molecule has 1 fully saturated rings. The van der Waals surface area contributed by atoms with Crippen LogP contribution in [-0.4, -0.2) is 28.7 Å². The van der Waals surface area contributed by atoms with Crippen LogP contribution in [0.25, 0.3) is 0 Å². The number of hydrogen-bond donors (Lipinski definition) is 0. The van der Waals surface area contributed by atoms with Crippen LogP contribution in [0, 0.1) is 0 Å². The van der Waals surface area contributed by atoms with E-state index in [0.29, 0.717) is 18.2 Å². The number of ether oxygens (including phenoxy) is 1. The molecule has 7 nitrogen and oxygen atoms in total.